The molecule has 31 heavy (non-hydrogen) atoms. The Morgan fingerprint density at radius 1 is 1.10 bits per heavy atom. The minimum absolute atomic E-state index is 0.0266. The minimum atomic E-state index is -0.582. The van der Waals surface area contributed by atoms with Crippen LogP contribution in [0, 0.1) is 29.1 Å². The van der Waals surface area contributed by atoms with Crippen LogP contribution in [0.5, 0.6) is 5.75 Å². The summed E-state index contributed by atoms with van der Waals surface area (Å²) >= 11 is 0. The fraction of sp³-hybridized carbons (Fsp3) is 0.462. The molecule has 2 aromatic carbocycles. The van der Waals surface area contributed by atoms with E-state index in [-0.39, 0.29) is 11.8 Å². The predicted octanol–water partition coefficient (Wildman–Crippen LogP) is 4.56. The molecule has 5 nitrogen and oxygen atoms in total. The molecule has 1 saturated carbocycles. The molecule has 0 bridgehead atoms. The first-order valence-corrected chi connectivity index (χ1v) is 11.0. The Hall–Kier alpha value is -2.84. The van der Waals surface area contributed by atoms with E-state index in [1.807, 2.05) is 47.4 Å². The number of hydrogen-bond donors (Lipinski definition) is 0. The number of fused-ring (bicyclic) bond motifs is 1. The van der Waals surface area contributed by atoms with Gasteiger partial charge < -0.3 is 14.4 Å². The molecule has 2 aliphatic rings. The lowest BCUT2D eigenvalue weighted by atomic mass is 9.66. The first kappa shape index (κ1) is 21.4. The Morgan fingerprint density at radius 2 is 1.84 bits per heavy atom. The number of carbonyl (C=O) groups is 1. The van der Waals surface area contributed by atoms with Gasteiger partial charge in [0.25, 0.3) is 5.91 Å². The lowest BCUT2D eigenvalue weighted by Crippen LogP contribution is -2.34. The van der Waals surface area contributed by atoms with Crippen LogP contribution in [0.3, 0.4) is 0 Å². The van der Waals surface area contributed by atoms with Crippen molar-refractivity contribution in [1.29, 1.82) is 5.26 Å². The molecule has 2 fully saturated rings. The van der Waals surface area contributed by atoms with E-state index >= 15 is 0 Å². The molecule has 0 unspecified atom stereocenters. The number of carbonyl (C=O) groups excluding carboxylic acids is 1. The summed E-state index contributed by atoms with van der Waals surface area (Å²) in [6.07, 6.45) is 1.94. The number of benzene rings is 2. The third kappa shape index (κ3) is 4.31. The zero-order valence-electron chi connectivity index (χ0n) is 18.2. The molecular weight excluding hydrogens is 388 g/mol. The smallest absolute Gasteiger partial charge is 0.256 e. The SMILES string of the molecule is COc1ccccc1[C@H]1C[C@H](CC#N)C[C@H]2CN(C(=O)[C@@H](OC)c3ccccc3)C[C@H]21. The van der Waals surface area contributed by atoms with Gasteiger partial charge in [-0.15, -0.1) is 0 Å². The van der Waals surface area contributed by atoms with Crippen molar-refractivity contribution in [3.05, 3.63) is 65.7 Å². The zero-order chi connectivity index (χ0) is 21.8. The van der Waals surface area contributed by atoms with Crippen molar-refractivity contribution in [3.63, 3.8) is 0 Å². The molecule has 0 aromatic heterocycles. The van der Waals surface area contributed by atoms with Gasteiger partial charge in [-0.3, -0.25) is 4.79 Å². The number of para-hydroxylation sites is 1. The van der Waals surface area contributed by atoms with Gasteiger partial charge in [-0.25, -0.2) is 0 Å². The van der Waals surface area contributed by atoms with Crippen molar-refractivity contribution in [2.75, 3.05) is 27.3 Å². The van der Waals surface area contributed by atoms with Crippen molar-refractivity contribution >= 4 is 5.91 Å². The molecule has 1 saturated heterocycles. The molecule has 2 aromatic rings. The van der Waals surface area contributed by atoms with Gasteiger partial charge in [-0.05, 0) is 53.7 Å². The van der Waals surface area contributed by atoms with Gasteiger partial charge >= 0.3 is 0 Å². The highest BCUT2D eigenvalue weighted by atomic mass is 16.5. The van der Waals surface area contributed by atoms with Crippen LogP contribution < -0.4 is 4.74 Å². The maximum Gasteiger partial charge on any atom is 0.256 e. The average Bonchev–Trinajstić information content (AvgIpc) is 3.24. The van der Waals surface area contributed by atoms with Crippen LogP contribution >= 0.6 is 0 Å². The topological polar surface area (TPSA) is 62.6 Å². The monoisotopic (exact) mass is 418 g/mol. The highest BCUT2D eigenvalue weighted by Gasteiger charge is 2.46. The summed E-state index contributed by atoms with van der Waals surface area (Å²) < 4.78 is 11.3. The predicted molar refractivity (Wildman–Crippen MR) is 118 cm³/mol. The van der Waals surface area contributed by atoms with Crippen LogP contribution in [0.1, 0.15) is 42.4 Å². The lowest BCUT2D eigenvalue weighted by molar-refractivity contribution is -0.141. The van der Waals surface area contributed by atoms with Crippen LogP contribution in [0.2, 0.25) is 0 Å². The van der Waals surface area contributed by atoms with E-state index < -0.39 is 6.10 Å². The highest BCUT2D eigenvalue weighted by molar-refractivity contribution is 5.82. The first-order valence-electron chi connectivity index (χ1n) is 11.0. The van der Waals surface area contributed by atoms with Gasteiger partial charge in [0.05, 0.1) is 13.2 Å². The third-order valence-electron chi connectivity index (χ3n) is 7.02. The number of nitriles is 1. The van der Waals surface area contributed by atoms with E-state index in [4.69, 9.17) is 9.47 Å². The first-order chi connectivity index (χ1) is 15.2. The largest absolute Gasteiger partial charge is 0.496 e. The molecule has 1 heterocycles. The molecule has 0 spiro atoms. The summed E-state index contributed by atoms with van der Waals surface area (Å²) in [5.74, 6) is 2.31. The van der Waals surface area contributed by atoms with Gasteiger partial charge in [0.2, 0.25) is 0 Å². The summed E-state index contributed by atoms with van der Waals surface area (Å²) in [6.45, 7) is 1.45. The Bertz CT molecular complexity index is 939. The van der Waals surface area contributed by atoms with Crippen LogP contribution in [-0.2, 0) is 9.53 Å². The van der Waals surface area contributed by atoms with Crippen LogP contribution in [0.15, 0.2) is 54.6 Å². The van der Waals surface area contributed by atoms with E-state index in [2.05, 4.69) is 18.2 Å². The molecule has 162 valence electrons. The number of amides is 1. The Kier molecular flexibility index (Phi) is 6.58. The maximum absolute atomic E-state index is 13.4. The third-order valence-corrected chi connectivity index (χ3v) is 7.02. The van der Waals surface area contributed by atoms with E-state index in [9.17, 15) is 10.1 Å². The highest BCUT2D eigenvalue weighted by Crippen LogP contribution is 2.50. The molecule has 4 rings (SSSR count). The summed E-state index contributed by atoms with van der Waals surface area (Å²) in [6, 6.07) is 20.2. The molecule has 5 heteroatoms. The molecule has 0 N–H and O–H groups in total. The Balaban J connectivity index is 1.60. The van der Waals surface area contributed by atoms with Gasteiger partial charge in [0.15, 0.2) is 6.10 Å². The van der Waals surface area contributed by atoms with Crippen LogP contribution in [0.4, 0.5) is 0 Å². The summed E-state index contributed by atoms with van der Waals surface area (Å²) in [4.78, 5) is 15.4. The van der Waals surface area contributed by atoms with Crippen molar-refractivity contribution in [3.8, 4) is 11.8 Å². The molecular formula is C26H30N2O3. The molecule has 0 radical (unpaired) electrons. The van der Waals surface area contributed by atoms with Gasteiger partial charge in [-0.1, -0.05) is 48.5 Å². The zero-order valence-corrected chi connectivity index (χ0v) is 18.2. The maximum atomic E-state index is 13.4. The standard InChI is InChI=1S/C26H30N2O3/c1-30-24-11-7-6-10-21(24)22-15-18(12-13-27)14-20-16-28(17-23(20)22)26(29)25(31-2)19-8-4-3-5-9-19/h3-11,18,20,22-23,25H,12,14-17H2,1-2H3/t18-,20+,22-,23-,25+/m1/s1. The number of hydrogen-bond acceptors (Lipinski definition) is 4. The second-order valence-corrected chi connectivity index (χ2v) is 8.74. The fourth-order valence-corrected chi connectivity index (χ4v) is 5.64. The molecule has 1 aliphatic carbocycles. The summed E-state index contributed by atoms with van der Waals surface area (Å²) in [5.41, 5.74) is 2.08. The van der Waals surface area contributed by atoms with Crippen molar-refractivity contribution < 1.29 is 14.3 Å². The van der Waals surface area contributed by atoms with E-state index in [1.165, 1.54) is 5.56 Å². The fourth-order valence-electron chi connectivity index (χ4n) is 5.64. The molecule has 1 aliphatic heterocycles. The second kappa shape index (κ2) is 9.53. The van der Waals surface area contributed by atoms with E-state index in [0.717, 1.165) is 37.2 Å². The van der Waals surface area contributed by atoms with Crippen LogP contribution in [0.25, 0.3) is 0 Å². The number of nitrogens with zero attached hydrogens (tertiary/aromatic N) is 2. The van der Waals surface area contributed by atoms with Crippen molar-refractivity contribution in [2.24, 2.45) is 17.8 Å². The van der Waals surface area contributed by atoms with Crippen molar-refractivity contribution in [1.82, 2.24) is 4.90 Å². The Labute approximate surface area is 184 Å². The van der Waals surface area contributed by atoms with Crippen molar-refractivity contribution in [2.45, 2.75) is 31.3 Å². The van der Waals surface area contributed by atoms with E-state index in [1.54, 1.807) is 14.2 Å². The van der Waals surface area contributed by atoms with Gasteiger partial charge in [0.1, 0.15) is 5.75 Å². The number of rotatable bonds is 6. The average molecular weight is 419 g/mol. The Morgan fingerprint density at radius 3 is 2.55 bits per heavy atom. The minimum Gasteiger partial charge on any atom is -0.496 e. The normalized spacial score (nSPS) is 26.0. The second-order valence-electron chi connectivity index (χ2n) is 8.74. The quantitative estimate of drug-likeness (QED) is 0.690. The van der Waals surface area contributed by atoms with Gasteiger partial charge in [0, 0.05) is 26.6 Å². The summed E-state index contributed by atoms with van der Waals surface area (Å²) in [7, 11) is 3.30. The molecule has 1 amide bonds. The summed E-state index contributed by atoms with van der Waals surface area (Å²) in [5, 5.41) is 9.33. The number of likely N-dealkylation sites (tertiary alicyclic amines) is 1. The molecule has 5 atom stereocenters. The lowest BCUT2D eigenvalue weighted by Gasteiger charge is -2.38. The van der Waals surface area contributed by atoms with Crippen LogP contribution in [-0.4, -0.2) is 38.1 Å². The number of ether oxygens (including phenoxy) is 2. The van der Waals surface area contributed by atoms with E-state index in [0.29, 0.717) is 24.2 Å². The van der Waals surface area contributed by atoms with Gasteiger partial charge in [-0.2, -0.15) is 5.26 Å². The number of methoxy groups -OCH3 is 2.